The molecule has 172 valence electrons. The molecule has 2 saturated heterocycles. The first-order chi connectivity index (χ1) is 15.7. The van der Waals surface area contributed by atoms with Gasteiger partial charge >= 0.3 is 0 Å². The highest BCUT2D eigenvalue weighted by molar-refractivity contribution is 6.06. The zero-order valence-corrected chi connectivity index (χ0v) is 18.7. The number of carbonyl (C=O) groups is 2. The average Bonchev–Trinajstić information content (AvgIpc) is 3.62. The fourth-order valence-electron chi connectivity index (χ4n) is 5.99. The Kier molecular flexibility index (Phi) is 6.04. The molecule has 4 aliphatic rings. The second-order valence-corrected chi connectivity index (χ2v) is 9.34. The molecular formula is C24H33N5O3. The van der Waals surface area contributed by atoms with Crippen LogP contribution < -0.4 is 10.6 Å². The van der Waals surface area contributed by atoms with Gasteiger partial charge in [-0.25, -0.2) is 0 Å². The molecule has 8 nitrogen and oxygen atoms in total. The number of allylic oxidation sites excluding steroid dienone is 2. The molecule has 1 aromatic heterocycles. The van der Waals surface area contributed by atoms with Crippen molar-refractivity contribution in [3.05, 3.63) is 36.3 Å². The number of nitrogens with zero attached hydrogens (tertiary/aromatic N) is 3. The third-order valence-electron chi connectivity index (χ3n) is 7.55. The Labute approximate surface area is 189 Å². The molecule has 32 heavy (non-hydrogen) atoms. The zero-order valence-electron chi connectivity index (χ0n) is 18.7. The van der Waals surface area contributed by atoms with E-state index in [-0.39, 0.29) is 41.5 Å². The van der Waals surface area contributed by atoms with Crippen LogP contribution in [-0.2, 0) is 9.59 Å². The summed E-state index contributed by atoms with van der Waals surface area (Å²) in [6, 6.07) is 4.14. The number of hydrogen-bond acceptors (Lipinski definition) is 5. The first-order valence-corrected chi connectivity index (χ1v) is 11.9. The van der Waals surface area contributed by atoms with Crippen molar-refractivity contribution < 1.29 is 14.0 Å². The summed E-state index contributed by atoms with van der Waals surface area (Å²) in [6.07, 6.45) is 10.1. The lowest BCUT2D eigenvalue weighted by molar-refractivity contribution is -0.140. The molecule has 5 rings (SSSR count). The van der Waals surface area contributed by atoms with Crippen molar-refractivity contribution in [3.63, 3.8) is 0 Å². The molecule has 2 aliphatic carbocycles. The van der Waals surface area contributed by atoms with Crippen molar-refractivity contribution in [3.8, 4) is 0 Å². The van der Waals surface area contributed by atoms with Crippen molar-refractivity contribution >= 4 is 17.8 Å². The van der Waals surface area contributed by atoms with E-state index in [1.54, 1.807) is 13.3 Å². The summed E-state index contributed by atoms with van der Waals surface area (Å²) in [6.45, 7) is 3.98. The largest absolute Gasteiger partial charge is 0.468 e. The number of furan rings is 1. The van der Waals surface area contributed by atoms with Crippen LogP contribution >= 0.6 is 0 Å². The standard InChI is InChI=1S/C24H33N5O3/c1-25-24(27-15-18(19-6-4-13-32-19)28-10-2-3-11-28)26-9-5-12-29-22(30)20-16-7-8-17(14-16)21(20)23(29)31/h4,6-8,13,16-18,20-21H,2-3,5,9-12,14-15H2,1H3,(H2,25,26,27). The van der Waals surface area contributed by atoms with E-state index in [1.807, 2.05) is 12.1 Å². The molecule has 5 atom stereocenters. The van der Waals surface area contributed by atoms with Crippen molar-refractivity contribution in [2.45, 2.75) is 31.7 Å². The summed E-state index contributed by atoms with van der Waals surface area (Å²) in [5.41, 5.74) is 0. The Balaban J connectivity index is 1.09. The second-order valence-electron chi connectivity index (χ2n) is 9.34. The normalized spacial score (nSPS) is 30.4. The molecule has 1 aromatic rings. The number of carbonyl (C=O) groups excluding carboxylic acids is 2. The Morgan fingerprint density at radius 2 is 1.88 bits per heavy atom. The Morgan fingerprint density at radius 3 is 2.50 bits per heavy atom. The first kappa shape index (κ1) is 21.2. The number of imide groups is 1. The highest BCUT2D eigenvalue weighted by atomic mass is 16.3. The van der Waals surface area contributed by atoms with Crippen molar-refractivity contribution in [2.75, 3.05) is 39.8 Å². The highest BCUT2D eigenvalue weighted by Crippen LogP contribution is 2.52. The maximum Gasteiger partial charge on any atom is 0.233 e. The molecular weight excluding hydrogens is 406 g/mol. The molecule has 3 fully saturated rings. The number of fused-ring (bicyclic) bond motifs is 5. The van der Waals surface area contributed by atoms with Gasteiger partial charge in [0.25, 0.3) is 0 Å². The van der Waals surface area contributed by atoms with Gasteiger partial charge in [-0.05, 0) is 62.7 Å². The molecule has 2 bridgehead atoms. The van der Waals surface area contributed by atoms with Crippen molar-refractivity contribution in [2.24, 2.45) is 28.7 Å². The smallest absolute Gasteiger partial charge is 0.233 e. The Hall–Kier alpha value is -2.61. The van der Waals surface area contributed by atoms with E-state index in [0.717, 1.165) is 31.2 Å². The molecule has 0 aromatic carbocycles. The number of likely N-dealkylation sites (tertiary alicyclic amines) is 2. The minimum absolute atomic E-state index is 0.0336. The monoisotopic (exact) mass is 439 g/mol. The van der Waals surface area contributed by atoms with Crippen LogP contribution in [0.15, 0.2) is 40.0 Å². The third kappa shape index (κ3) is 3.85. The Morgan fingerprint density at radius 1 is 1.16 bits per heavy atom. The van der Waals surface area contributed by atoms with Crippen molar-refractivity contribution in [1.82, 2.24) is 20.4 Å². The molecule has 1 saturated carbocycles. The van der Waals surface area contributed by atoms with E-state index < -0.39 is 0 Å². The number of hydrogen-bond donors (Lipinski definition) is 2. The minimum atomic E-state index is -0.107. The van der Waals surface area contributed by atoms with Gasteiger partial charge in [-0.1, -0.05) is 12.2 Å². The maximum atomic E-state index is 12.8. The van der Waals surface area contributed by atoms with Crippen LogP contribution in [0.4, 0.5) is 0 Å². The van der Waals surface area contributed by atoms with E-state index in [2.05, 4.69) is 32.7 Å². The van der Waals surface area contributed by atoms with Gasteiger partial charge in [-0.15, -0.1) is 0 Å². The summed E-state index contributed by atoms with van der Waals surface area (Å²) in [4.78, 5) is 33.9. The summed E-state index contributed by atoms with van der Waals surface area (Å²) in [5, 5.41) is 6.74. The van der Waals surface area contributed by atoms with E-state index in [0.29, 0.717) is 26.1 Å². The number of aliphatic imine (C=N–C) groups is 1. The first-order valence-electron chi connectivity index (χ1n) is 11.9. The van der Waals surface area contributed by atoms with Gasteiger partial charge in [0.2, 0.25) is 11.8 Å². The second kappa shape index (κ2) is 9.10. The van der Waals surface area contributed by atoms with Crippen LogP contribution in [0.2, 0.25) is 0 Å². The third-order valence-corrected chi connectivity index (χ3v) is 7.55. The van der Waals surface area contributed by atoms with Crippen LogP contribution in [0.5, 0.6) is 0 Å². The highest BCUT2D eigenvalue weighted by Gasteiger charge is 2.58. The number of amides is 2. The van der Waals surface area contributed by atoms with Gasteiger partial charge in [0.1, 0.15) is 5.76 Å². The van der Waals surface area contributed by atoms with Gasteiger partial charge in [-0.3, -0.25) is 24.4 Å². The minimum Gasteiger partial charge on any atom is -0.468 e. The molecule has 3 heterocycles. The molecule has 0 spiro atoms. The Bertz CT molecular complexity index is 859. The van der Waals surface area contributed by atoms with Gasteiger partial charge in [0.15, 0.2) is 5.96 Å². The van der Waals surface area contributed by atoms with Crippen LogP contribution in [0, 0.1) is 23.7 Å². The lowest BCUT2D eigenvalue weighted by Gasteiger charge is -2.26. The summed E-state index contributed by atoms with van der Waals surface area (Å²) < 4.78 is 5.68. The summed E-state index contributed by atoms with van der Waals surface area (Å²) in [5.74, 6) is 2.08. The van der Waals surface area contributed by atoms with E-state index >= 15 is 0 Å². The quantitative estimate of drug-likeness (QED) is 0.211. The summed E-state index contributed by atoms with van der Waals surface area (Å²) >= 11 is 0. The van der Waals surface area contributed by atoms with Gasteiger partial charge in [0, 0.05) is 26.7 Å². The molecule has 5 unspecified atom stereocenters. The summed E-state index contributed by atoms with van der Waals surface area (Å²) in [7, 11) is 1.75. The van der Waals surface area contributed by atoms with Crippen LogP contribution in [0.3, 0.4) is 0 Å². The van der Waals surface area contributed by atoms with Crippen LogP contribution in [-0.4, -0.2) is 67.3 Å². The number of guanidine groups is 1. The van der Waals surface area contributed by atoms with Gasteiger partial charge < -0.3 is 15.1 Å². The predicted octanol–water partition coefficient (Wildman–Crippen LogP) is 1.78. The molecule has 0 radical (unpaired) electrons. The SMILES string of the molecule is CN=C(NCCCN1C(=O)C2C3C=CC(C3)C2C1=O)NCC(c1ccco1)N1CCCC1. The fraction of sp³-hybridized carbons (Fsp3) is 0.625. The lowest BCUT2D eigenvalue weighted by atomic mass is 9.85. The molecule has 2 N–H and O–H groups in total. The van der Waals surface area contributed by atoms with Crippen LogP contribution in [0.25, 0.3) is 0 Å². The zero-order chi connectivity index (χ0) is 22.1. The lowest BCUT2D eigenvalue weighted by Crippen LogP contribution is -2.43. The van der Waals surface area contributed by atoms with Crippen molar-refractivity contribution in [1.29, 1.82) is 0 Å². The fourth-order valence-corrected chi connectivity index (χ4v) is 5.99. The maximum absolute atomic E-state index is 12.8. The number of rotatable bonds is 8. The van der Waals surface area contributed by atoms with E-state index in [4.69, 9.17) is 4.42 Å². The van der Waals surface area contributed by atoms with Gasteiger partial charge in [0.05, 0.1) is 24.1 Å². The number of nitrogens with one attached hydrogen (secondary N) is 2. The predicted molar refractivity (Wildman–Crippen MR) is 121 cm³/mol. The van der Waals surface area contributed by atoms with Crippen LogP contribution in [0.1, 0.15) is 37.5 Å². The topological polar surface area (TPSA) is 90.2 Å². The average molecular weight is 440 g/mol. The van der Waals surface area contributed by atoms with E-state index in [9.17, 15) is 9.59 Å². The molecule has 2 aliphatic heterocycles. The molecule has 2 amide bonds. The van der Waals surface area contributed by atoms with Gasteiger partial charge in [-0.2, -0.15) is 0 Å². The molecule has 8 heteroatoms. The van der Waals surface area contributed by atoms with E-state index in [1.165, 1.54) is 17.7 Å².